The average Bonchev–Trinajstić information content (AvgIpc) is 2.70. The standard InChI is InChI=1S/C15H17NO3/c1-10-3-5-11(6-4-10)15(19)13-8-7-12(16(13)2)9-14(17)18/h3-8,14,17-18H,9H2,1-2H3. The van der Waals surface area contributed by atoms with E-state index in [2.05, 4.69) is 0 Å². The van der Waals surface area contributed by atoms with E-state index in [9.17, 15) is 4.79 Å². The van der Waals surface area contributed by atoms with Gasteiger partial charge in [0, 0.05) is 24.7 Å². The van der Waals surface area contributed by atoms with Gasteiger partial charge >= 0.3 is 0 Å². The molecule has 0 bridgehead atoms. The third-order valence-corrected chi connectivity index (χ3v) is 3.16. The van der Waals surface area contributed by atoms with E-state index in [1.807, 2.05) is 19.1 Å². The molecular weight excluding hydrogens is 242 g/mol. The average molecular weight is 259 g/mol. The van der Waals surface area contributed by atoms with Crippen molar-refractivity contribution in [2.75, 3.05) is 0 Å². The van der Waals surface area contributed by atoms with Crippen molar-refractivity contribution >= 4 is 5.78 Å². The SMILES string of the molecule is Cc1ccc(C(=O)c2ccc(CC(O)O)n2C)cc1. The van der Waals surface area contributed by atoms with E-state index in [1.54, 1.807) is 35.9 Å². The molecule has 1 heterocycles. The number of nitrogens with zero attached hydrogens (tertiary/aromatic N) is 1. The zero-order chi connectivity index (χ0) is 14.0. The second-order valence-corrected chi connectivity index (χ2v) is 4.65. The van der Waals surface area contributed by atoms with Gasteiger partial charge < -0.3 is 14.8 Å². The van der Waals surface area contributed by atoms with E-state index >= 15 is 0 Å². The quantitative estimate of drug-likeness (QED) is 0.644. The number of rotatable bonds is 4. The summed E-state index contributed by atoms with van der Waals surface area (Å²) in [7, 11) is 1.75. The third kappa shape index (κ3) is 2.92. The first-order valence-electron chi connectivity index (χ1n) is 6.11. The minimum absolute atomic E-state index is 0.0684. The lowest BCUT2D eigenvalue weighted by molar-refractivity contribution is -0.0392. The number of aromatic nitrogens is 1. The summed E-state index contributed by atoms with van der Waals surface area (Å²) in [6, 6.07) is 10.8. The Kier molecular flexibility index (Phi) is 3.83. The predicted molar refractivity (Wildman–Crippen MR) is 72.0 cm³/mol. The molecule has 4 heteroatoms. The van der Waals surface area contributed by atoms with Crippen molar-refractivity contribution in [3.63, 3.8) is 0 Å². The van der Waals surface area contributed by atoms with E-state index in [4.69, 9.17) is 10.2 Å². The Morgan fingerprint density at radius 1 is 1.16 bits per heavy atom. The maximum atomic E-state index is 12.3. The van der Waals surface area contributed by atoms with E-state index in [1.165, 1.54) is 0 Å². The maximum absolute atomic E-state index is 12.3. The van der Waals surface area contributed by atoms with Crippen LogP contribution in [0.1, 0.15) is 27.3 Å². The topological polar surface area (TPSA) is 62.5 Å². The molecule has 1 aromatic heterocycles. The first kappa shape index (κ1) is 13.5. The fourth-order valence-corrected chi connectivity index (χ4v) is 2.03. The summed E-state index contributed by atoms with van der Waals surface area (Å²) >= 11 is 0. The van der Waals surface area contributed by atoms with E-state index in [-0.39, 0.29) is 12.2 Å². The monoisotopic (exact) mass is 259 g/mol. The number of hydrogen-bond donors (Lipinski definition) is 2. The van der Waals surface area contributed by atoms with E-state index < -0.39 is 6.29 Å². The second-order valence-electron chi connectivity index (χ2n) is 4.65. The molecule has 0 spiro atoms. The Morgan fingerprint density at radius 3 is 2.37 bits per heavy atom. The molecule has 0 amide bonds. The molecule has 0 aliphatic carbocycles. The van der Waals surface area contributed by atoms with Gasteiger partial charge in [-0.3, -0.25) is 4.79 Å². The van der Waals surface area contributed by atoms with Gasteiger partial charge in [0.2, 0.25) is 5.78 Å². The van der Waals surface area contributed by atoms with Crippen LogP contribution >= 0.6 is 0 Å². The van der Waals surface area contributed by atoms with Gasteiger partial charge in [-0.15, -0.1) is 0 Å². The molecule has 1 aromatic carbocycles. The number of aryl methyl sites for hydroxylation is 1. The summed E-state index contributed by atoms with van der Waals surface area (Å²) in [6.45, 7) is 1.97. The minimum atomic E-state index is -1.41. The molecule has 0 fully saturated rings. The van der Waals surface area contributed by atoms with Crippen molar-refractivity contribution in [3.8, 4) is 0 Å². The summed E-state index contributed by atoms with van der Waals surface area (Å²) in [6.07, 6.45) is -1.30. The van der Waals surface area contributed by atoms with Crippen LogP contribution in [0, 0.1) is 6.92 Å². The molecule has 0 saturated heterocycles. The molecule has 2 N–H and O–H groups in total. The Hall–Kier alpha value is -1.91. The molecule has 2 aromatic rings. The number of carbonyl (C=O) groups is 1. The van der Waals surface area contributed by atoms with Crippen LogP contribution in [0.4, 0.5) is 0 Å². The Balaban J connectivity index is 2.29. The van der Waals surface area contributed by atoms with E-state index in [0.717, 1.165) is 5.56 Å². The van der Waals surface area contributed by atoms with Gasteiger partial charge in [-0.05, 0) is 19.1 Å². The van der Waals surface area contributed by atoms with Crippen molar-refractivity contribution in [2.45, 2.75) is 19.6 Å². The fourth-order valence-electron chi connectivity index (χ4n) is 2.03. The smallest absolute Gasteiger partial charge is 0.209 e. The van der Waals surface area contributed by atoms with Crippen molar-refractivity contribution in [3.05, 3.63) is 58.9 Å². The van der Waals surface area contributed by atoms with E-state index in [0.29, 0.717) is 17.0 Å². The molecule has 0 aliphatic rings. The maximum Gasteiger partial charge on any atom is 0.209 e. The number of aliphatic hydroxyl groups excluding tert-OH is 1. The molecular formula is C15H17NO3. The predicted octanol–water partition coefficient (Wildman–Crippen LogP) is 1.42. The Bertz CT molecular complexity index is 582. The van der Waals surface area contributed by atoms with Crippen LogP contribution in [0.15, 0.2) is 36.4 Å². The lowest BCUT2D eigenvalue weighted by atomic mass is 10.1. The molecule has 4 nitrogen and oxygen atoms in total. The van der Waals surface area contributed by atoms with Crippen LogP contribution in [0.3, 0.4) is 0 Å². The molecule has 100 valence electrons. The highest BCUT2D eigenvalue weighted by Crippen LogP contribution is 2.14. The van der Waals surface area contributed by atoms with Crippen LogP contribution < -0.4 is 0 Å². The van der Waals surface area contributed by atoms with Gasteiger partial charge in [-0.25, -0.2) is 0 Å². The van der Waals surface area contributed by atoms with Crippen molar-refractivity contribution in [2.24, 2.45) is 7.05 Å². The van der Waals surface area contributed by atoms with Gasteiger partial charge in [0.1, 0.15) is 0 Å². The van der Waals surface area contributed by atoms with Gasteiger partial charge in [-0.2, -0.15) is 0 Å². The van der Waals surface area contributed by atoms with Crippen molar-refractivity contribution < 1.29 is 15.0 Å². The molecule has 19 heavy (non-hydrogen) atoms. The zero-order valence-electron chi connectivity index (χ0n) is 11.0. The first-order valence-corrected chi connectivity index (χ1v) is 6.11. The number of benzene rings is 1. The lowest BCUT2D eigenvalue weighted by Gasteiger charge is -2.08. The van der Waals surface area contributed by atoms with Gasteiger partial charge in [0.05, 0.1) is 5.69 Å². The molecule has 2 rings (SSSR count). The molecule has 0 radical (unpaired) electrons. The van der Waals surface area contributed by atoms with Crippen molar-refractivity contribution in [1.29, 1.82) is 0 Å². The van der Waals surface area contributed by atoms with Gasteiger partial charge in [0.15, 0.2) is 6.29 Å². The van der Waals surface area contributed by atoms with Crippen LogP contribution in [0.2, 0.25) is 0 Å². The minimum Gasteiger partial charge on any atom is -0.368 e. The van der Waals surface area contributed by atoms with Crippen LogP contribution in [-0.4, -0.2) is 26.9 Å². The number of hydrogen-bond acceptors (Lipinski definition) is 3. The summed E-state index contributed by atoms with van der Waals surface area (Å²) in [4.78, 5) is 12.3. The molecule has 0 aliphatic heterocycles. The first-order chi connectivity index (χ1) is 8.99. The second kappa shape index (κ2) is 5.38. The Morgan fingerprint density at radius 2 is 1.79 bits per heavy atom. The highest BCUT2D eigenvalue weighted by molar-refractivity contribution is 6.08. The van der Waals surface area contributed by atoms with Crippen LogP contribution in [-0.2, 0) is 13.5 Å². The van der Waals surface area contributed by atoms with Crippen molar-refractivity contribution in [1.82, 2.24) is 4.57 Å². The van der Waals surface area contributed by atoms with Crippen LogP contribution in [0.5, 0.6) is 0 Å². The summed E-state index contributed by atoms with van der Waals surface area (Å²) in [5, 5.41) is 18.0. The number of carbonyl (C=O) groups excluding carboxylic acids is 1. The summed E-state index contributed by atoms with van der Waals surface area (Å²) in [5.41, 5.74) is 2.99. The Labute approximate surface area is 111 Å². The largest absolute Gasteiger partial charge is 0.368 e. The number of ketones is 1. The summed E-state index contributed by atoms with van der Waals surface area (Å²) < 4.78 is 1.70. The highest BCUT2D eigenvalue weighted by atomic mass is 16.5. The zero-order valence-corrected chi connectivity index (χ0v) is 11.0. The van der Waals surface area contributed by atoms with Gasteiger partial charge in [0.25, 0.3) is 0 Å². The lowest BCUT2D eigenvalue weighted by Crippen LogP contribution is -2.14. The fraction of sp³-hybridized carbons (Fsp3) is 0.267. The molecule has 0 saturated carbocycles. The molecule has 0 unspecified atom stereocenters. The third-order valence-electron chi connectivity index (χ3n) is 3.16. The van der Waals surface area contributed by atoms with Gasteiger partial charge in [-0.1, -0.05) is 29.8 Å². The molecule has 0 atom stereocenters. The van der Waals surface area contributed by atoms with Crippen LogP contribution in [0.25, 0.3) is 0 Å². The highest BCUT2D eigenvalue weighted by Gasteiger charge is 2.15. The summed E-state index contributed by atoms with van der Waals surface area (Å²) in [5.74, 6) is -0.0684. The number of aliphatic hydroxyl groups is 2. The normalized spacial score (nSPS) is 11.0.